The Kier molecular flexibility index (Phi) is 5.92. The molecule has 1 fully saturated rings. The van der Waals surface area contributed by atoms with Crippen molar-refractivity contribution in [2.24, 2.45) is 0 Å². The molecule has 0 radical (unpaired) electrons. The lowest BCUT2D eigenvalue weighted by Gasteiger charge is -2.23. The number of likely N-dealkylation sites (tertiary alicyclic amines) is 1. The molecule has 0 bridgehead atoms. The summed E-state index contributed by atoms with van der Waals surface area (Å²) in [4.78, 5) is 26.7. The maximum atomic E-state index is 13.1. The van der Waals surface area contributed by atoms with Crippen molar-refractivity contribution in [3.8, 4) is 11.1 Å². The van der Waals surface area contributed by atoms with Crippen LogP contribution in [0.5, 0.6) is 0 Å². The van der Waals surface area contributed by atoms with Gasteiger partial charge >= 0.3 is 5.97 Å². The van der Waals surface area contributed by atoms with Gasteiger partial charge in [-0.3, -0.25) is 4.79 Å². The molecule has 7 heteroatoms. The van der Waals surface area contributed by atoms with E-state index in [2.05, 4.69) is 5.38 Å². The quantitative estimate of drug-likeness (QED) is 0.630. The highest BCUT2D eigenvalue weighted by Gasteiger charge is 2.40. The molecule has 0 spiro atoms. The van der Waals surface area contributed by atoms with Crippen LogP contribution >= 0.6 is 11.3 Å². The van der Waals surface area contributed by atoms with Gasteiger partial charge in [-0.05, 0) is 57.8 Å². The number of carbonyl (C=O) groups is 2. The Bertz CT molecular complexity index is 1020. The van der Waals surface area contributed by atoms with Crippen molar-refractivity contribution in [3.63, 3.8) is 0 Å². The van der Waals surface area contributed by atoms with Crippen LogP contribution in [0.25, 0.3) is 11.1 Å². The lowest BCUT2D eigenvalue weighted by molar-refractivity contribution is -0.149. The number of hydrogen-bond acceptors (Lipinski definition) is 5. The molecule has 2 heterocycles. The monoisotopic (exact) mass is 425 g/mol. The van der Waals surface area contributed by atoms with Crippen LogP contribution in [-0.2, 0) is 16.1 Å². The van der Waals surface area contributed by atoms with E-state index in [1.807, 2.05) is 35.7 Å². The highest BCUT2D eigenvalue weighted by atomic mass is 32.1. The van der Waals surface area contributed by atoms with Crippen LogP contribution in [-0.4, -0.2) is 40.6 Å². The zero-order valence-corrected chi connectivity index (χ0v) is 16.8. The van der Waals surface area contributed by atoms with E-state index in [4.69, 9.17) is 4.74 Å². The third-order valence-corrected chi connectivity index (χ3v) is 5.78. The van der Waals surface area contributed by atoms with Crippen molar-refractivity contribution >= 4 is 23.2 Å². The fourth-order valence-corrected chi connectivity index (χ4v) is 4.16. The molecule has 0 aliphatic carbocycles. The molecular formula is C23H20FNO4S. The number of carbonyl (C=O) groups excluding carboxylic acids is 2. The van der Waals surface area contributed by atoms with Crippen molar-refractivity contribution in [1.29, 1.82) is 0 Å². The molecule has 3 aromatic rings. The van der Waals surface area contributed by atoms with Crippen molar-refractivity contribution in [2.75, 3.05) is 6.54 Å². The summed E-state index contributed by atoms with van der Waals surface area (Å²) >= 11 is 1.63. The molecule has 0 saturated carbocycles. The molecule has 1 N–H and O–H groups in total. The molecule has 2 unspecified atom stereocenters. The Hall–Kier alpha value is -3.03. The van der Waals surface area contributed by atoms with Crippen LogP contribution < -0.4 is 0 Å². The standard InChI is InChI=1S/C23H20FNO4S/c24-19-7-5-17(6-8-19)22(27)25-12-20(26)11-21(25)23(28)29-13-15-1-3-16(4-2-15)18-9-10-30-14-18/h1-10,14,20-21,26H,11-13H2. The van der Waals surface area contributed by atoms with E-state index in [1.165, 1.54) is 29.2 Å². The number of aliphatic hydroxyl groups excluding tert-OH is 1. The molecule has 1 aliphatic heterocycles. The molecule has 4 rings (SSSR count). The molecule has 154 valence electrons. The van der Waals surface area contributed by atoms with Gasteiger partial charge in [0, 0.05) is 18.5 Å². The number of rotatable bonds is 5. The lowest BCUT2D eigenvalue weighted by Crippen LogP contribution is -2.41. The first-order valence-electron chi connectivity index (χ1n) is 9.54. The van der Waals surface area contributed by atoms with Crippen molar-refractivity contribution in [1.82, 2.24) is 4.90 Å². The predicted octanol–water partition coefficient (Wildman–Crippen LogP) is 3.87. The topological polar surface area (TPSA) is 66.8 Å². The second-order valence-electron chi connectivity index (χ2n) is 7.19. The Morgan fingerprint density at radius 3 is 2.47 bits per heavy atom. The number of β-amino-alcohol motifs (C(OH)–C–C–N with tert-alkyl or cyclic N) is 1. The van der Waals surface area contributed by atoms with Crippen LogP contribution in [0.3, 0.4) is 0 Å². The van der Waals surface area contributed by atoms with Gasteiger partial charge in [-0.1, -0.05) is 24.3 Å². The third-order valence-electron chi connectivity index (χ3n) is 5.09. The normalized spacial score (nSPS) is 18.4. The number of hydrogen-bond donors (Lipinski definition) is 1. The Morgan fingerprint density at radius 1 is 1.07 bits per heavy atom. The number of amides is 1. The number of esters is 1. The zero-order valence-electron chi connectivity index (χ0n) is 16.0. The van der Waals surface area contributed by atoms with E-state index in [9.17, 15) is 19.1 Å². The van der Waals surface area contributed by atoms with Gasteiger partial charge in [-0.25, -0.2) is 9.18 Å². The fourth-order valence-electron chi connectivity index (χ4n) is 3.49. The third kappa shape index (κ3) is 4.42. The van der Waals surface area contributed by atoms with Crippen molar-refractivity contribution in [2.45, 2.75) is 25.2 Å². The van der Waals surface area contributed by atoms with Gasteiger partial charge in [0.2, 0.25) is 0 Å². The maximum Gasteiger partial charge on any atom is 0.329 e. The fraction of sp³-hybridized carbons (Fsp3) is 0.217. The summed E-state index contributed by atoms with van der Waals surface area (Å²) in [6.07, 6.45) is -0.695. The number of halogens is 1. The van der Waals surface area contributed by atoms with Gasteiger partial charge in [0.25, 0.3) is 5.91 Å². The van der Waals surface area contributed by atoms with E-state index in [0.29, 0.717) is 0 Å². The van der Waals surface area contributed by atoms with Crippen LogP contribution in [0.1, 0.15) is 22.3 Å². The summed E-state index contributed by atoms with van der Waals surface area (Å²) in [7, 11) is 0. The molecule has 1 saturated heterocycles. The minimum atomic E-state index is -0.873. The van der Waals surface area contributed by atoms with Gasteiger partial charge in [0.15, 0.2) is 0 Å². The summed E-state index contributed by atoms with van der Waals surface area (Å²) in [5.74, 6) is -1.45. The number of aliphatic hydroxyl groups is 1. The van der Waals surface area contributed by atoms with E-state index in [-0.39, 0.29) is 25.1 Å². The highest BCUT2D eigenvalue weighted by Crippen LogP contribution is 2.24. The van der Waals surface area contributed by atoms with Gasteiger partial charge in [0.05, 0.1) is 6.10 Å². The highest BCUT2D eigenvalue weighted by molar-refractivity contribution is 7.08. The summed E-state index contributed by atoms with van der Waals surface area (Å²) in [6, 6.07) is 14.0. The van der Waals surface area contributed by atoms with Crippen LogP contribution in [0.15, 0.2) is 65.4 Å². The minimum Gasteiger partial charge on any atom is -0.459 e. The van der Waals surface area contributed by atoms with E-state index >= 15 is 0 Å². The summed E-state index contributed by atoms with van der Waals surface area (Å²) < 4.78 is 18.5. The predicted molar refractivity (Wildman–Crippen MR) is 111 cm³/mol. The first kappa shape index (κ1) is 20.3. The summed E-state index contributed by atoms with van der Waals surface area (Å²) in [6.45, 7) is 0.110. The van der Waals surface area contributed by atoms with E-state index in [0.717, 1.165) is 16.7 Å². The zero-order chi connectivity index (χ0) is 21.1. The Labute approximate surface area is 177 Å². The summed E-state index contributed by atoms with van der Waals surface area (Å²) in [5, 5.41) is 14.1. The summed E-state index contributed by atoms with van der Waals surface area (Å²) in [5.41, 5.74) is 3.31. The molecule has 5 nitrogen and oxygen atoms in total. The number of benzene rings is 2. The van der Waals surface area contributed by atoms with Crippen molar-refractivity contribution < 1.29 is 23.8 Å². The Balaban J connectivity index is 1.40. The molecule has 1 amide bonds. The average molecular weight is 425 g/mol. The molecule has 1 aromatic heterocycles. The first-order valence-corrected chi connectivity index (χ1v) is 10.5. The van der Waals surface area contributed by atoms with Gasteiger partial charge in [0.1, 0.15) is 18.5 Å². The molecule has 1 aliphatic rings. The van der Waals surface area contributed by atoms with Crippen molar-refractivity contribution in [3.05, 3.63) is 82.3 Å². The van der Waals surface area contributed by atoms with E-state index in [1.54, 1.807) is 11.3 Å². The number of thiophene rings is 1. The second kappa shape index (κ2) is 8.77. The first-order chi connectivity index (χ1) is 14.5. The Morgan fingerprint density at radius 2 is 1.80 bits per heavy atom. The largest absolute Gasteiger partial charge is 0.459 e. The molecule has 2 aromatic carbocycles. The molecule has 2 atom stereocenters. The number of nitrogens with zero attached hydrogens (tertiary/aromatic N) is 1. The molecule has 30 heavy (non-hydrogen) atoms. The lowest BCUT2D eigenvalue weighted by atomic mass is 10.1. The van der Waals surface area contributed by atoms with Gasteiger partial charge < -0.3 is 14.7 Å². The molecular weight excluding hydrogens is 405 g/mol. The average Bonchev–Trinajstić information content (AvgIpc) is 3.42. The van der Waals surface area contributed by atoms with Gasteiger partial charge in [-0.15, -0.1) is 0 Å². The van der Waals surface area contributed by atoms with Crippen LogP contribution in [0, 0.1) is 5.82 Å². The van der Waals surface area contributed by atoms with Gasteiger partial charge in [-0.2, -0.15) is 11.3 Å². The number of ether oxygens (including phenoxy) is 1. The smallest absolute Gasteiger partial charge is 0.329 e. The minimum absolute atomic E-state index is 0.0331. The van der Waals surface area contributed by atoms with Crippen LogP contribution in [0.4, 0.5) is 4.39 Å². The van der Waals surface area contributed by atoms with Crippen LogP contribution in [0.2, 0.25) is 0 Å². The van der Waals surface area contributed by atoms with E-state index < -0.39 is 29.8 Å². The SMILES string of the molecule is O=C(OCc1ccc(-c2ccsc2)cc1)C1CC(O)CN1C(=O)c1ccc(F)cc1. The maximum absolute atomic E-state index is 13.1. The second-order valence-corrected chi connectivity index (χ2v) is 7.97.